The fraction of sp³-hybridized carbons (Fsp3) is 0.467. The molecule has 0 aromatic heterocycles. The summed E-state index contributed by atoms with van der Waals surface area (Å²) in [6, 6.07) is 8.70. The van der Waals surface area contributed by atoms with Gasteiger partial charge in [0.1, 0.15) is 0 Å². The second kappa shape index (κ2) is 8.04. The molecule has 17 heavy (non-hydrogen) atoms. The maximum absolute atomic E-state index is 3.77. The Morgan fingerprint density at radius 3 is 2.65 bits per heavy atom. The monoisotopic (exact) mass is 232 g/mol. The maximum Gasteiger partial charge on any atom is 0.0236 e. The first-order valence-corrected chi connectivity index (χ1v) is 6.34. The molecule has 0 fully saturated rings. The van der Waals surface area contributed by atoms with Crippen molar-refractivity contribution in [2.24, 2.45) is 0 Å². The van der Waals surface area contributed by atoms with Gasteiger partial charge in [-0.2, -0.15) is 0 Å². The molecule has 0 aliphatic carbocycles. The standard InChI is InChI=1S/C15H24N2/c1-4-12-17(3)13-15-9-7-6-8-14(15)10-11-16-5-2/h4,6-9,16H,1,5,10-13H2,2-3H3. The Morgan fingerprint density at radius 1 is 1.29 bits per heavy atom. The van der Waals surface area contributed by atoms with Gasteiger partial charge in [-0.3, -0.25) is 4.90 Å². The number of nitrogens with zero attached hydrogens (tertiary/aromatic N) is 1. The first-order chi connectivity index (χ1) is 8.27. The molecule has 2 nitrogen and oxygen atoms in total. The normalized spacial score (nSPS) is 10.8. The minimum atomic E-state index is 0.932. The summed E-state index contributed by atoms with van der Waals surface area (Å²) >= 11 is 0. The van der Waals surface area contributed by atoms with Crippen molar-refractivity contribution < 1.29 is 0 Å². The molecule has 0 atom stereocenters. The molecule has 94 valence electrons. The van der Waals surface area contributed by atoms with Crippen molar-refractivity contribution in [1.29, 1.82) is 0 Å². The van der Waals surface area contributed by atoms with Crippen molar-refractivity contribution in [1.82, 2.24) is 10.2 Å². The fourth-order valence-electron chi connectivity index (χ4n) is 1.93. The van der Waals surface area contributed by atoms with Gasteiger partial charge in [0.25, 0.3) is 0 Å². The van der Waals surface area contributed by atoms with Crippen LogP contribution in [-0.2, 0) is 13.0 Å². The van der Waals surface area contributed by atoms with E-state index in [0.717, 1.165) is 32.6 Å². The Morgan fingerprint density at radius 2 is 2.00 bits per heavy atom. The Hall–Kier alpha value is -1.12. The lowest BCUT2D eigenvalue weighted by molar-refractivity contribution is 0.362. The highest BCUT2D eigenvalue weighted by molar-refractivity contribution is 5.27. The molecule has 0 heterocycles. The smallest absolute Gasteiger partial charge is 0.0236 e. The summed E-state index contributed by atoms with van der Waals surface area (Å²) in [6.45, 7) is 9.94. The van der Waals surface area contributed by atoms with Gasteiger partial charge >= 0.3 is 0 Å². The lowest BCUT2D eigenvalue weighted by atomic mass is 10.0. The lowest BCUT2D eigenvalue weighted by Gasteiger charge is -2.17. The fourth-order valence-corrected chi connectivity index (χ4v) is 1.93. The molecule has 0 aliphatic rings. The van der Waals surface area contributed by atoms with Crippen LogP contribution in [-0.4, -0.2) is 31.6 Å². The molecule has 1 aromatic carbocycles. The van der Waals surface area contributed by atoms with Crippen molar-refractivity contribution >= 4 is 0 Å². The highest BCUT2D eigenvalue weighted by atomic mass is 15.1. The second-order valence-electron chi connectivity index (χ2n) is 4.36. The van der Waals surface area contributed by atoms with Gasteiger partial charge in [0, 0.05) is 13.1 Å². The van der Waals surface area contributed by atoms with Crippen molar-refractivity contribution in [2.45, 2.75) is 19.9 Å². The number of nitrogens with one attached hydrogen (secondary N) is 1. The van der Waals surface area contributed by atoms with E-state index in [9.17, 15) is 0 Å². The average Bonchev–Trinajstić information content (AvgIpc) is 2.32. The van der Waals surface area contributed by atoms with Gasteiger partial charge in [-0.15, -0.1) is 6.58 Å². The summed E-state index contributed by atoms with van der Waals surface area (Å²) < 4.78 is 0. The van der Waals surface area contributed by atoms with E-state index >= 15 is 0 Å². The first kappa shape index (κ1) is 13.9. The molecular weight excluding hydrogens is 208 g/mol. The summed E-state index contributed by atoms with van der Waals surface area (Å²) in [5, 5.41) is 3.37. The Labute approximate surface area is 105 Å². The molecule has 1 N–H and O–H groups in total. The van der Waals surface area contributed by atoms with E-state index < -0.39 is 0 Å². The minimum absolute atomic E-state index is 0.932. The predicted octanol–water partition coefficient (Wildman–Crippen LogP) is 2.46. The zero-order chi connectivity index (χ0) is 12.5. The van der Waals surface area contributed by atoms with Crippen LogP contribution in [0.5, 0.6) is 0 Å². The van der Waals surface area contributed by atoms with Crippen LogP contribution >= 0.6 is 0 Å². The predicted molar refractivity (Wildman–Crippen MR) is 75.2 cm³/mol. The van der Waals surface area contributed by atoms with E-state index in [4.69, 9.17) is 0 Å². The van der Waals surface area contributed by atoms with E-state index in [0.29, 0.717) is 0 Å². The average molecular weight is 232 g/mol. The van der Waals surface area contributed by atoms with Crippen molar-refractivity contribution in [3.8, 4) is 0 Å². The molecule has 0 spiro atoms. The van der Waals surface area contributed by atoms with Gasteiger partial charge in [-0.25, -0.2) is 0 Å². The zero-order valence-electron chi connectivity index (χ0n) is 11.1. The van der Waals surface area contributed by atoms with Gasteiger partial charge in [0.15, 0.2) is 0 Å². The summed E-state index contributed by atoms with van der Waals surface area (Å²) in [4.78, 5) is 2.28. The van der Waals surface area contributed by atoms with Crippen LogP contribution in [0.4, 0.5) is 0 Å². The number of hydrogen-bond donors (Lipinski definition) is 1. The molecule has 2 heteroatoms. The van der Waals surface area contributed by atoms with E-state index in [1.54, 1.807) is 0 Å². The maximum atomic E-state index is 3.77. The number of likely N-dealkylation sites (N-methyl/N-ethyl adjacent to an activating group) is 2. The van der Waals surface area contributed by atoms with E-state index in [-0.39, 0.29) is 0 Å². The molecule has 0 radical (unpaired) electrons. The molecule has 0 saturated carbocycles. The van der Waals surface area contributed by atoms with Crippen molar-refractivity contribution in [2.75, 3.05) is 26.7 Å². The number of benzene rings is 1. The van der Waals surface area contributed by atoms with E-state index in [1.807, 2.05) is 6.08 Å². The first-order valence-electron chi connectivity index (χ1n) is 6.34. The minimum Gasteiger partial charge on any atom is -0.317 e. The quantitative estimate of drug-likeness (QED) is 0.547. The highest BCUT2D eigenvalue weighted by Crippen LogP contribution is 2.11. The van der Waals surface area contributed by atoms with Crippen LogP contribution in [0.2, 0.25) is 0 Å². The SMILES string of the molecule is C=CCN(C)Cc1ccccc1CCNCC. The van der Waals surface area contributed by atoms with Crippen molar-refractivity contribution in [3.63, 3.8) is 0 Å². The van der Waals surface area contributed by atoms with Crippen LogP contribution in [0, 0.1) is 0 Å². The topological polar surface area (TPSA) is 15.3 Å². The highest BCUT2D eigenvalue weighted by Gasteiger charge is 2.03. The van der Waals surface area contributed by atoms with Gasteiger partial charge in [0.2, 0.25) is 0 Å². The Kier molecular flexibility index (Phi) is 6.60. The summed E-state index contributed by atoms with van der Waals surface area (Å²) in [6.07, 6.45) is 3.05. The summed E-state index contributed by atoms with van der Waals surface area (Å²) in [5.74, 6) is 0. The van der Waals surface area contributed by atoms with Gasteiger partial charge in [-0.05, 0) is 37.7 Å². The van der Waals surface area contributed by atoms with Crippen LogP contribution in [0.25, 0.3) is 0 Å². The molecular formula is C15H24N2. The molecule has 0 aliphatic heterocycles. The van der Waals surface area contributed by atoms with E-state index in [2.05, 4.69) is 55.0 Å². The molecule has 0 bridgehead atoms. The number of rotatable bonds is 8. The van der Waals surface area contributed by atoms with Gasteiger partial charge in [-0.1, -0.05) is 37.3 Å². The molecule has 0 amide bonds. The molecule has 0 saturated heterocycles. The molecule has 1 aromatic rings. The summed E-state index contributed by atoms with van der Waals surface area (Å²) in [5.41, 5.74) is 2.87. The number of hydrogen-bond acceptors (Lipinski definition) is 2. The van der Waals surface area contributed by atoms with E-state index in [1.165, 1.54) is 11.1 Å². The van der Waals surface area contributed by atoms with Crippen LogP contribution < -0.4 is 5.32 Å². The van der Waals surface area contributed by atoms with Crippen LogP contribution in [0.15, 0.2) is 36.9 Å². The Balaban J connectivity index is 2.60. The van der Waals surface area contributed by atoms with Crippen molar-refractivity contribution in [3.05, 3.63) is 48.0 Å². The molecule has 0 unspecified atom stereocenters. The summed E-state index contributed by atoms with van der Waals surface area (Å²) in [7, 11) is 2.13. The second-order valence-corrected chi connectivity index (χ2v) is 4.36. The van der Waals surface area contributed by atoms with Crippen LogP contribution in [0.3, 0.4) is 0 Å². The largest absolute Gasteiger partial charge is 0.317 e. The Bertz CT molecular complexity index is 333. The van der Waals surface area contributed by atoms with Gasteiger partial charge in [0.05, 0.1) is 0 Å². The third-order valence-electron chi connectivity index (χ3n) is 2.82. The van der Waals surface area contributed by atoms with Crippen LogP contribution in [0.1, 0.15) is 18.1 Å². The third kappa shape index (κ3) is 5.16. The van der Waals surface area contributed by atoms with Gasteiger partial charge < -0.3 is 5.32 Å². The zero-order valence-corrected chi connectivity index (χ0v) is 11.1. The lowest BCUT2D eigenvalue weighted by Crippen LogP contribution is -2.20. The molecule has 1 rings (SSSR count). The third-order valence-corrected chi connectivity index (χ3v) is 2.82.